The molecule has 94 valence electrons. The minimum Gasteiger partial charge on any atom is -0.119 e. The highest BCUT2D eigenvalue weighted by molar-refractivity contribution is 6.23. The first-order valence-corrected chi connectivity index (χ1v) is 7.75. The third-order valence-corrected chi connectivity index (χ3v) is 5.33. The van der Waals surface area contributed by atoms with Crippen LogP contribution in [-0.4, -0.2) is 4.87 Å². The third-order valence-electron chi connectivity index (χ3n) is 4.87. The van der Waals surface area contributed by atoms with Crippen molar-refractivity contribution in [3.8, 4) is 0 Å². The van der Waals surface area contributed by atoms with Gasteiger partial charge in [0.1, 0.15) is 0 Å². The Bertz CT molecular complexity index is 197. The van der Waals surface area contributed by atoms with Crippen LogP contribution < -0.4 is 0 Å². The Morgan fingerprint density at radius 1 is 0.875 bits per heavy atom. The standard InChI is InChI=1S/C15H27Cl/c1-15(16,14-10-6-3-7-11-14)12-13-8-4-2-5-9-13/h13-14H,2-12H2,1H3. The van der Waals surface area contributed by atoms with Crippen LogP contribution in [-0.2, 0) is 0 Å². The van der Waals surface area contributed by atoms with Gasteiger partial charge in [-0.15, -0.1) is 11.6 Å². The van der Waals surface area contributed by atoms with E-state index >= 15 is 0 Å². The minimum atomic E-state index is 0.0996. The van der Waals surface area contributed by atoms with E-state index in [9.17, 15) is 0 Å². The zero-order valence-corrected chi connectivity index (χ0v) is 11.6. The van der Waals surface area contributed by atoms with Crippen molar-refractivity contribution in [3.63, 3.8) is 0 Å². The molecule has 0 aliphatic heterocycles. The molecule has 0 radical (unpaired) electrons. The van der Waals surface area contributed by atoms with Gasteiger partial charge in [0.05, 0.1) is 0 Å². The second kappa shape index (κ2) is 5.76. The van der Waals surface area contributed by atoms with E-state index in [2.05, 4.69) is 6.92 Å². The molecular formula is C15H27Cl. The Kier molecular flexibility index (Phi) is 4.58. The van der Waals surface area contributed by atoms with E-state index in [0.29, 0.717) is 0 Å². The molecule has 1 atom stereocenters. The summed E-state index contributed by atoms with van der Waals surface area (Å²) < 4.78 is 0. The Morgan fingerprint density at radius 2 is 1.38 bits per heavy atom. The number of hydrogen-bond donors (Lipinski definition) is 0. The predicted molar refractivity (Wildman–Crippen MR) is 72.0 cm³/mol. The second-order valence-corrected chi connectivity index (χ2v) is 7.18. The molecule has 0 spiro atoms. The van der Waals surface area contributed by atoms with Crippen LogP contribution in [0.25, 0.3) is 0 Å². The van der Waals surface area contributed by atoms with Crippen molar-refractivity contribution in [3.05, 3.63) is 0 Å². The van der Waals surface area contributed by atoms with Gasteiger partial charge in [-0.05, 0) is 38.0 Å². The van der Waals surface area contributed by atoms with E-state index in [0.717, 1.165) is 11.8 Å². The molecule has 16 heavy (non-hydrogen) atoms. The second-order valence-electron chi connectivity index (χ2n) is 6.32. The molecule has 0 amide bonds. The van der Waals surface area contributed by atoms with Crippen molar-refractivity contribution in [1.29, 1.82) is 0 Å². The zero-order chi connectivity index (χ0) is 11.4. The van der Waals surface area contributed by atoms with Gasteiger partial charge < -0.3 is 0 Å². The lowest BCUT2D eigenvalue weighted by molar-refractivity contribution is 0.223. The normalized spacial score (nSPS) is 28.9. The van der Waals surface area contributed by atoms with Gasteiger partial charge in [0.2, 0.25) is 0 Å². The average Bonchev–Trinajstić information content (AvgIpc) is 2.31. The highest BCUT2D eigenvalue weighted by Crippen LogP contribution is 2.43. The molecule has 0 aromatic carbocycles. The van der Waals surface area contributed by atoms with Gasteiger partial charge >= 0.3 is 0 Å². The zero-order valence-electron chi connectivity index (χ0n) is 10.8. The lowest BCUT2D eigenvalue weighted by Crippen LogP contribution is -2.33. The van der Waals surface area contributed by atoms with Gasteiger partial charge in [0.15, 0.2) is 0 Å². The third kappa shape index (κ3) is 3.39. The summed E-state index contributed by atoms with van der Waals surface area (Å²) in [6, 6.07) is 0. The number of hydrogen-bond acceptors (Lipinski definition) is 0. The van der Waals surface area contributed by atoms with E-state index in [1.807, 2.05) is 0 Å². The summed E-state index contributed by atoms with van der Waals surface area (Å²) in [6.45, 7) is 2.32. The summed E-state index contributed by atoms with van der Waals surface area (Å²) in [5.41, 5.74) is 0. The van der Waals surface area contributed by atoms with Gasteiger partial charge in [-0.25, -0.2) is 0 Å². The summed E-state index contributed by atoms with van der Waals surface area (Å²) in [5.74, 6) is 1.73. The lowest BCUT2D eigenvalue weighted by Gasteiger charge is -2.38. The maximum atomic E-state index is 6.85. The smallest absolute Gasteiger partial charge is 0.0449 e. The lowest BCUT2D eigenvalue weighted by atomic mass is 9.74. The average molecular weight is 243 g/mol. The van der Waals surface area contributed by atoms with Crippen molar-refractivity contribution in [1.82, 2.24) is 0 Å². The number of rotatable bonds is 3. The first-order valence-electron chi connectivity index (χ1n) is 7.37. The van der Waals surface area contributed by atoms with Gasteiger partial charge in [-0.1, -0.05) is 51.4 Å². The first-order chi connectivity index (χ1) is 7.68. The molecule has 2 aliphatic carbocycles. The molecule has 1 heteroatoms. The highest BCUT2D eigenvalue weighted by Gasteiger charge is 2.35. The van der Waals surface area contributed by atoms with Crippen molar-refractivity contribution >= 4 is 11.6 Å². The molecular weight excluding hydrogens is 216 g/mol. The van der Waals surface area contributed by atoms with Crippen molar-refractivity contribution in [2.45, 2.75) is 82.4 Å². The largest absolute Gasteiger partial charge is 0.119 e. The Balaban J connectivity index is 1.84. The van der Waals surface area contributed by atoms with Crippen LogP contribution >= 0.6 is 11.6 Å². The van der Waals surface area contributed by atoms with Crippen LogP contribution in [0.2, 0.25) is 0 Å². The highest BCUT2D eigenvalue weighted by atomic mass is 35.5. The Labute approximate surface area is 106 Å². The molecule has 0 N–H and O–H groups in total. The summed E-state index contributed by atoms with van der Waals surface area (Å²) >= 11 is 6.85. The maximum Gasteiger partial charge on any atom is 0.0449 e. The summed E-state index contributed by atoms with van der Waals surface area (Å²) in [7, 11) is 0. The molecule has 0 aromatic rings. The van der Waals surface area contributed by atoms with E-state index in [-0.39, 0.29) is 4.87 Å². The van der Waals surface area contributed by atoms with Crippen molar-refractivity contribution in [2.24, 2.45) is 11.8 Å². The van der Waals surface area contributed by atoms with Crippen LogP contribution in [0.1, 0.15) is 77.6 Å². The Hall–Kier alpha value is 0.290. The molecule has 0 nitrogen and oxygen atoms in total. The molecule has 0 bridgehead atoms. The fraction of sp³-hybridized carbons (Fsp3) is 1.00. The molecule has 2 fully saturated rings. The van der Waals surface area contributed by atoms with Gasteiger partial charge in [-0.3, -0.25) is 0 Å². The molecule has 2 rings (SSSR count). The van der Waals surface area contributed by atoms with Crippen LogP contribution in [0.3, 0.4) is 0 Å². The molecule has 0 heterocycles. The maximum absolute atomic E-state index is 6.85. The molecule has 2 saturated carbocycles. The van der Waals surface area contributed by atoms with Crippen molar-refractivity contribution < 1.29 is 0 Å². The summed E-state index contributed by atoms with van der Waals surface area (Å²) in [6.07, 6.45) is 15.5. The Morgan fingerprint density at radius 3 is 1.94 bits per heavy atom. The molecule has 2 aliphatic rings. The summed E-state index contributed by atoms with van der Waals surface area (Å²) in [5, 5.41) is 0. The minimum absolute atomic E-state index is 0.0996. The van der Waals surface area contributed by atoms with Crippen LogP contribution in [0.5, 0.6) is 0 Å². The van der Waals surface area contributed by atoms with E-state index in [1.54, 1.807) is 0 Å². The van der Waals surface area contributed by atoms with E-state index in [4.69, 9.17) is 11.6 Å². The van der Waals surface area contributed by atoms with Gasteiger partial charge in [0, 0.05) is 4.87 Å². The van der Waals surface area contributed by atoms with Crippen LogP contribution in [0.15, 0.2) is 0 Å². The quantitative estimate of drug-likeness (QED) is 0.571. The van der Waals surface area contributed by atoms with Gasteiger partial charge in [0.25, 0.3) is 0 Å². The number of alkyl halides is 1. The molecule has 0 aromatic heterocycles. The monoisotopic (exact) mass is 242 g/mol. The van der Waals surface area contributed by atoms with Crippen LogP contribution in [0.4, 0.5) is 0 Å². The summed E-state index contributed by atoms with van der Waals surface area (Å²) in [4.78, 5) is 0.0996. The van der Waals surface area contributed by atoms with E-state index < -0.39 is 0 Å². The van der Waals surface area contributed by atoms with E-state index in [1.165, 1.54) is 70.6 Å². The first kappa shape index (κ1) is 12.7. The van der Waals surface area contributed by atoms with Crippen molar-refractivity contribution in [2.75, 3.05) is 0 Å². The predicted octanol–water partition coefficient (Wildman–Crippen LogP) is 5.53. The molecule has 0 saturated heterocycles. The molecule has 1 unspecified atom stereocenters. The van der Waals surface area contributed by atoms with Crippen LogP contribution in [0, 0.1) is 11.8 Å². The SMILES string of the molecule is CC(Cl)(CC1CCCCC1)C1CCCCC1. The fourth-order valence-electron chi connectivity index (χ4n) is 3.83. The number of halogens is 1. The topological polar surface area (TPSA) is 0 Å². The fourth-order valence-corrected chi connectivity index (χ4v) is 4.26. The van der Waals surface area contributed by atoms with Gasteiger partial charge in [-0.2, -0.15) is 0 Å².